The van der Waals surface area contributed by atoms with Gasteiger partial charge in [-0.2, -0.15) is 0 Å². The van der Waals surface area contributed by atoms with Crippen molar-refractivity contribution in [3.8, 4) is 0 Å². The van der Waals surface area contributed by atoms with Crippen LogP contribution in [0.3, 0.4) is 0 Å². The maximum atomic E-state index is 13.3. The van der Waals surface area contributed by atoms with Crippen LogP contribution in [0.2, 0.25) is 0 Å². The molecule has 3 amide bonds. The number of fused-ring (bicyclic) bond motifs is 1. The Morgan fingerprint density at radius 2 is 1.62 bits per heavy atom. The zero-order valence-corrected chi connectivity index (χ0v) is 20.6. The van der Waals surface area contributed by atoms with E-state index < -0.39 is 66.9 Å². The Morgan fingerprint density at radius 1 is 0.973 bits per heavy atom. The second-order valence-corrected chi connectivity index (χ2v) is 8.78. The lowest BCUT2D eigenvalue weighted by Crippen LogP contribution is -2.59. The minimum Gasteiger partial charge on any atom is -0.481 e. The molecular weight excluding hydrogens is 486 g/mol. The number of nitrogens with one attached hydrogen (secondary N) is 4. The minimum atomic E-state index is -1.72. The van der Waals surface area contributed by atoms with E-state index in [1.54, 1.807) is 32.2 Å². The number of nitrogens with two attached hydrogens (primary N) is 1. The summed E-state index contributed by atoms with van der Waals surface area (Å²) < 4.78 is 0. The van der Waals surface area contributed by atoms with E-state index in [1.165, 1.54) is 0 Å². The molecule has 13 heteroatoms. The van der Waals surface area contributed by atoms with E-state index >= 15 is 0 Å². The van der Waals surface area contributed by atoms with Crippen molar-refractivity contribution >= 4 is 40.6 Å². The standard InChI is InChI=1S/C24H33N5O8/c1-3-12(2)20(29-21(33)15(25)11-30)23(35)27-17(22(34)28-18(24(36)37)9-19(31)32)8-13-10-26-16-7-5-4-6-14(13)16/h4-7,10,12,15,17-18,20,26,30H,3,8-9,11,25H2,1-2H3,(H,27,35)(H,28,34)(H,29,33)(H,31,32)(H,36,37). The molecule has 0 saturated heterocycles. The number of H-pyrrole nitrogens is 1. The van der Waals surface area contributed by atoms with Gasteiger partial charge in [0.25, 0.3) is 0 Å². The number of aromatic nitrogens is 1. The fourth-order valence-electron chi connectivity index (χ4n) is 3.68. The first-order valence-corrected chi connectivity index (χ1v) is 11.8. The summed E-state index contributed by atoms with van der Waals surface area (Å²) in [7, 11) is 0. The Balaban J connectivity index is 2.35. The summed E-state index contributed by atoms with van der Waals surface area (Å²) in [5.41, 5.74) is 6.98. The van der Waals surface area contributed by atoms with Crippen molar-refractivity contribution in [1.82, 2.24) is 20.9 Å². The number of carboxylic acid groups (broad SMARTS) is 2. The quantitative estimate of drug-likeness (QED) is 0.154. The van der Waals surface area contributed by atoms with E-state index in [-0.39, 0.29) is 12.3 Å². The van der Waals surface area contributed by atoms with Crippen LogP contribution >= 0.6 is 0 Å². The van der Waals surface area contributed by atoms with E-state index in [9.17, 15) is 29.1 Å². The number of benzene rings is 1. The first-order chi connectivity index (χ1) is 17.5. The molecule has 5 atom stereocenters. The average Bonchev–Trinajstić information content (AvgIpc) is 3.27. The fourth-order valence-corrected chi connectivity index (χ4v) is 3.68. The molecule has 0 saturated carbocycles. The Bertz CT molecular complexity index is 1130. The number of aliphatic hydroxyl groups is 1. The van der Waals surface area contributed by atoms with Crippen LogP contribution < -0.4 is 21.7 Å². The van der Waals surface area contributed by atoms with Gasteiger partial charge in [0.2, 0.25) is 17.7 Å². The second-order valence-electron chi connectivity index (χ2n) is 8.78. The van der Waals surface area contributed by atoms with Crippen molar-refractivity contribution in [3.05, 3.63) is 36.0 Å². The van der Waals surface area contributed by atoms with Crippen LogP contribution in [-0.2, 0) is 30.4 Å². The molecule has 0 fully saturated rings. The van der Waals surface area contributed by atoms with Crippen LogP contribution in [0, 0.1) is 5.92 Å². The predicted molar refractivity (Wildman–Crippen MR) is 132 cm³/mol. The van der Waals surface area contributed by atoms with Gasteiger partial charge in [-0.3, -0.25) is 19.2 Å². The summed E-state index contributed by atoms with van der Waals surface area (Å²) in [6.07, 6.45) is 1.21. The number of aliphatic hydroxyl groups excluding tert-OH is 1. The van der Waals surface area contributed by atoms with Gasteiger partial charge in [-0.25, -0.2) is 4.79 Å². The molecule has 2 aromatic rings. The highest BCUT2D eigenvalue weighted by atomic mass is 16.4. The second kappa shape index (κ2) is 13.4. The van der Waals surface area contributed by atoms with E-state index in [2.05, 4.69) is 20.9 Å². The summed E-state index contributed by atoms with van der Waals surface area (Å²) in [5, 5.41) is 35.5. The Kier molecular flexibility index (Phi) is 10.6. The number of hydrogen-bond acceptors (Lipinski definition) is 7. The summed E-state index contributed by atoms with van der Waals surface area (Å²) >= 11 is 0. The number of rotatable bonds is 14. The van der Waals surface area contributed by atoms with Gasteiger partial charge in [-0.05, 0) is 17.5 Å². The van der Waals surface area contributed by atoms with Crippen molar-refractivity contribution in [2.45, 2.75) is 57.3 Å². The molecule has 0 bridgehead atoms. The Hall–Kier alpha value is -3.97. The smallest absolute Gasteiger partial charge is 0.326 e. The SMILES string of the molecule is CCC(C)C(NC(=O)C(N)CO)C(=O)NC(Cc1c[nH]c2ccccc12)C(=O)NC(CC(=O)O)C(=O)O. The fraction of sp³-hybridized carbons (Fsp3) is 0.458. The molecule has 1 aromatic carbocycles. The average molecular weight is 520 g/mol. The van der Waals surface area contributed by atoms with Gasteiger partial charge in [-0.15, -0.1) is 0 Å². The topological polar surface area (TPSA) is 224 Å². The van der Waals surface area contributed by atoms with Crippen molar-refractivity contribution < 1.29 is 39.3 Å². The van der Waals surface area contributed by atoms with Gasteiger partial charge in [0.1, 0.15) is 24.2 Å². The molecule has 5 unspecified atom stereocenters. The van der Waals surface area contributed by atoms with Crippen molar-refractivity contribution in [2.75, 3.05) is 6.61 Å². The number of para-hydroxylation sites is 1. The van der Waals surface area contributed by atoms with Crippen LogP contribution in [0.15, 0.2) is 30.5 Å². The maximum Gasteiger partial charge on any atom is 0.326 e. The molecule has 1 heterocycles. The van der Waals surface area contributed by atoms with E-state index in [0.717, 1.165) is 10.9 Å². The van der Waals surface area contributed by atoms with E-state index in [4.69, 9.17) is 15.9 Å². The van der Waals surface area contributed by atoms with Gasteiger partial charge in [0.15, 0.2) is 0 Å². The number of aromatic amines is 1. The predicted octanol–water partition coefficient (Wildman–Crippen LogP) is -0.910. The molecule has 37 heavy (non-hydrogen) atoms. The van der Waals surface area contributed by atoms with Crippen LogP contribution in [-0.4, -0.2) is 80.7 Å². The normalized spacial score (nSPS) is 15.1. The molecule has 2 rings (SSSR count). The molecular formula is C24H33N5O8. The lowest BCUT2D eigenvalue weighted by Gasteiger charge is -2.27. The lowest BCUT2D eigenvalue weighted by atomic mass is 9.96. The Labute approximate surface area is 212 Å². The van der Waals surface area contributed by atoms with Crippen LogP contribution in [0.4, 0.5) is 0 Å². The molecule has 0 aliphatic rings. The number of carbonyl (C=O) groups is 5. The van der Waals surface area contributed by atoms with Gasteiger partial charge in [0, 0.05) is 23.5 Å². The van der Waals surface area contributed by atoms with E-state index in [1.807, 2.05) is 12.1 Å². The molecule has 202 valence electrons. The highest BCUT2D eigenvalue weighted by Gasteiger charge is 2.33. The molecule has 0 aliphatic heterocycles. The van der Waals surface area contributed by atoms with Gasteiger partial charge >= 0.3 is 11.9 Å². The first-order valence-electron chi connectivity index (χ1n) is 11.8. The largest absolute Gasteiger partial charge is 0.481 e. The lowest BCUT2D eigenvalue weighted by molar-refractivity contribution is -0.147. The summed E-state index contributed by atoms with van der Waals surface area (Å²) in [5.74, 6) is -5.75. The van der Waals surface area contributed by atoms with Crippen LogP contribution in [0.25, 0.3) is 10.9 Å². The summed E-state index contributed by atoms with van der Waals surface area (Å²) in [6, 6.07) is 1.84. The van der Waals surface area contributed by atoms with Crippen molar-refractivity contribution in [1.29, 1.82) is 0 Å². The molecule has 1 aromatic heterocycles. The minimum absolute atomic E-state index is 0.0572. The third-order valence-electron chi connectivity index (χ3n) is 6.05. The van der Waals surface area contributed by atoms with Crippen LogP contribution in [0.5, 0.6) is 0 Å². The number of hydrogen-bond donors (Lipinski definition) is 8. The first kappa shape index (κ1) is 29.3. The molecule has 0 spiro atoms. The molecule has 0 radical (unpaired) electrons. The Morgan fingerprint density at radius 3 is 2.22 bits per heavy atom. The van der Waals surface area contributed by atoms with E-state index in [0.29, 0.717) is 12.0 Å². The van der Waals surface area contributed by atoms with Gasteiger partial charge in [0.05, 0.1) is 13.0 Å². The summed E-state index contributed by atoms with van der Waals surface area (Å²) in [4.78, 5) is 64.3. The number of amides is 3. The number of carboxylic acids is 2. The number of aliphatic carboxylic acids is 2. The monoisotopic (exact) mass is 519 g/mol. The van der Waals surface area contributed by atoms with Crippen molar-refractivity contribution in [3.63, 3.8) is 0 Å². The summed E-state index contributed by atoms with van der Waals surface area (Å²) in [6.45, 7) is 2.87. The zero-order chi connectivity index (χ0) is 27.7. The highest BCUT2D eigenvalue weighted by molar-refractivity contribution is 5.95. The van der Waals surface area contributed by atoms with Gasteiger partial charge < -0.3 is 42.0 Å². The third-order valence-corrected chi connectivity index (χ3v) is 6.05. The maximum absolute atomic E-state index is 13.3. The third kappa shape index (κ3) is 8.02. The number of carbonyl (C=O) groups excluding carboxylic acids is 3. The van der Waals surface area contributed by atoms with Crippen LogP contribution in [0.1, 0.15) is 32.3 Å². The molecule has 0 aliphatic carbocycles. The van der Waals surface area contributed by atoms with Gasteiger partial charge in [-0.1, -0.05) is 38.5 Å². The zero-order valence-electron chi connectivity index (χ0n) is 20.6. The highest BCUT2D eigenvalue weighted by Crippen LogP contribution is 2.19. The molecule has 13 nitrogen and oxygen atoms in total. The molecule has 9 N–H and O–H groups in total. The van der Waals surface area contributed by atoms with Crippen molar-refractivity contribution in [2.24, 2.45) is 11.7 Å².